The van der Waals surface area contributed by atoms with Crippen LogP contribution in [0.2, 0.25) is 0 Å². The predicted molar refractivity (Wildman–Crippen MR) is 124 cm³/mol. The normalized spacial score (nSPS) is 18.8. The van der Waals surface area contributed by atoms with Crippen LogP contribution in [0.1, 0.15) is 47.2 Å². The second-order valence-corrected chi connectivity index (χ2v) is 8.70. The lowest BCUT2D eigenvalue weighted by molar-refractivity contribution is 0.0600. The number of benzene rings is 2. The van der Waals surface area contributed by atoms with E-state index in [9.17, 15) is 14.7 Å². The summed E-state index contributed by atoms with van der Waals surface area (Å²) < 4.78 is 1.65. The number of carbonyl (C=O) groups is 1. The average molecular weight is 428 g/mol. The molecule has 0 radical (unpaired) electrons. The van der Waals surface area contributed by atoms with Gasteiger partial charge in [-0.2, -0.15) is 0 Å². The van der Waals surface area contributed by atoms with Crippen molar-refractivity contribution in [3.05, 3.63) is 82.2 Å². The minimum absolute atomic E-state index is 0.0796. The highest BCUT2D eigenvalue weighted by atomic mass is 16.3. The van der Waals surface area contributed by atoms with Crippen LogP contribution in [-0.2, 0) is 13.0 Å². The zero-order valence-electron chi connectivity index (χ0n) is 17.8. The van der Waals surface area contributed by atoms with Crippen LogP contribution in [-0.4, -0.2) is 32.0 Å². The molecule has 1 fully saturated rings. The van der Waals surface area contributed by atoms with Gasteiger partial charge in [-0.1, -0.05) is 37.1 Å². The molecule has 2 atom stereocenters. The van der Waals surface area contributed by atoms with Gasteiger partial charge in [-0.15, -0.1) is 0 Å². The molecule has 2 aromatic carbocycles. The third-order valence-electron chi connectivity index (χ3n) is 6.62. The number of hydrogen-bond donors (Lipinski definition) is 1. The monoisotopic (exact) mass is 427 g/mol. The number of rotatable bonds is 5. The molecular weight excluding hydrogens is 402 g/mol. The van der Waals surface area contributed by atoms with E-state index in [-0.39, 0.29) is 17.6 Å². The van der Waals surface area contributed by atoms with Crippen molar-refractivity contribution in [2.75, 3.05) is 0 Å². The van der Waals surface area contributed by atoms with E-state index >= 15 is 0 Å². The number of hydrogen-bond acceptors (Lipinski definition) is 5. The first-order valence-corrected chi connectivity index (χ1v) is 11.1. The van der Waals surface area contributed by atoms with Crippen LogP contribution >= 0.6 is 0 Å². The highest BCUT2D eigenvalue weighted by Gasteiger charge is 2.24. The van der Waals surface area contributed by atoms with E-state index in [1.54, 1.807) is 29.2 Å². The van der Waals surface area contributed by atoms with Gasteiger partial charge >= 0.3 is 0 Å². The van der Waals surface area contributed by atoms with Gasteiger partial charge in [0.2, 0.25) is 0 Å². The maximum absolute atomic E-state index is 13.4. The summed E-state index contributed by atoms with van der Waals surface area (Å²) in [6.07, 6.45) is 10.1. The van der Waals surface area contributed by atoms with E-state index in [0.29, 0.717) is 29.4 Å². The maximum atomic E-state index is 13.4. The van der Waals surface area contributed by atoms with Crippen LogP contribution in [0.25, 0.3) is 21.7 Å². The number of aliphatic hydroxyl groups excluding tert-OH is 1. The molecule has 1 N–H and O–H groups in total. The number of nitrogens with zero attached hydrogens (tertiary/aromatic N) is 3. The van der Waals surface area contributed by atoms with Gasteiger partial charge in [0.15, 0.2) is 0 Å². The third-order valence-corrected chi connectivity index (χ3v) is 6.62. The molecule has 32 heavy (non-hydrogen) atoms. The lowest BCUT2D eigenvalue weighted by Gasteiger charge is -2.27. The summed E-state index contributed by atoms with van der Waals surface area (Å²) in [6.45, 7) is 0.486. The van der Waals surface area contributed by atoms with E-state index < -0.39 is 0 Å². The van der Waals surface area contributed by atoms with Crippen LogP contribution in [0.5, 0.6) is 0 Å². The molecule has 0 bridgehead atoms. The fourth-order valence-electron chi connectivity index (χ4n) is 4.82. The van der Waals surface area contributed by atoms with E-state index in [0.717, 1.165) is 53.9 Å². The Kier molecular flexibility index (Phi) is 5.53. The lowest BCUT2D eigenvalue weighted by Crippen LogP contribution is -2.32. The molecule has 1 aliphatic rings. The Morgan fingerprint density at radius 3 is 2.66 bits per heavy atom. The summed E-state index contributed by atoms with van der Waals surface area (Å²) in [4.78, 5) is 33.3. The summed E-state index contributed by atoms with van der Waals surface area (Å²) in [5, 5.41) is 12.8. The van der Waals surface area contributed by atoms with Crippen molar-refractivity contribution in [2.45, 2.75) is 44.8 Å². The van der Waals surface area contributed by atoms with Crippen molar-refractivity contribution in [2.24, 2.45) is 5.92 Å². The number of carbonyl (C=O) groups excluding carboxylic acids is 1. The fourth-order valence-corrected chi connectivity index (χ4v) is 4.82. The minimum atomic E-state index is -0.362. The summed E-state index contributed by atoms with van der Waals surface area (Å²) in [5.41, 5.74) is 3.27. The van der Waals surface area contributed by atoms with E-state index in [1.807, 2.05) is 30.5 Å². The van der Waals surface area contributed by atoms with Crippen LogP contribution in [0.15, 0.2) is 59.9 Å². The van der Waals surface area contributed by atoms with Crippen molar-refractivity contribution < 1.29 is 9.90 Å². The SMILES string of the molecule is O=Cc1ccc(Cc2cc3c(=O)n(CC4CCCCC4O)cnc3c3ccncc23)cc1. The van der Waals surface area contributed by atoms with Crippen molar-refractivity contribution in [3.63, 3.8) is 0 Å². The maximum Gasteiger partial charge on any atom is 0.261 e. The van der Waals surface area contributed by atoms with Gasteiger partial charge in [0, 0.05) is 41.2 Å². The number of pyridine rings is 1. The van der Waals surface area contributed by atoms with Crippen LogP contribution in [0.4, 0.5) is 0 Å². The lowest BCUT2D eigenvalue weighted by atomic mass is 9.86. The van der Waals surface area contributed by atoms with Gasteiger partial charge in [0.25, 0.3) is 5.56 Å². The molecule has 2 aromatic heterocycles. The predicted octanol–water partition coefficient (Wildman–Crippen LogP) is 3.90. The molecule has 6 heteroatoms. The van der Waals surface area contributed by atoms with Gasteiger partial charge in [-0.3, -0.25) is 19.1 Å². The van der Waals surface area contributed by atoms with Gasteiger partial charge in [0.05, 0.1) is 23.3 Å². The molecule has 0 aliphatic heterocycles. The largest absolute Gasteiger partial charge is 0.393 e. The van der Waals surface area contributed by atoms with Crippen molar-refractivity contribution in [1.29, 1.82) is 0 Å². The Balaban J connectivity index is 1.60. The van der Waals surface area contributed by atoms with Gasteiger partial charge < -0.3 is 5.11 Å². The van der Waals surface area contributed by atoms with Crippen molar-refractivity contribution in [1.82, 2.24) is 14.5 Å². The molecule has 2 heterocycles. The second-order valence-electron chi connectivity index (χ2n) is 8.70. The van der Waals surface area contributed by atoms with E-state index in [1.165, 1.54) is 0 Å². The van der Waals surface area contributed by atoms with Crippen LogP contribution < -0.4 is 5.56 Å². The molecule has 1 aliphatic carbocycles. The molecule has 6 nitrogen and oxygen atoms in total. The quantitative estimate of drug-likeness (QED) is 0.386. The Hall–Kier alpha value is -3.38. The Bertz CT molecular complexity index is 1340. The highest BCUT2D eigenvalue weighted by Crippen LogP contribution is 2.28. The molecule has 0 spiro atoms. The Morgan fingerprint density at radius 1 is 1.06 bits per heavy atom. The molecule has 162 valence electrons. The standard InChI is InChI=1S/C26H25N3O3/c30-15-18-7-5-17(6-8-18)11-20-12-22-25(21-9-10-27-13-23(20)21)28-16-29(26(22)32)14-19-3-1-2-4-24(19)31/h5-10,12-13,15-16,19,24,31H,1-4,11,14H2. The Labute approximate surface area is 185 Å². The molecular formula is C26H25N3O3. The van der Waals surface area contributed by atoms with Crippen molar-refractivity contribution in [3.8, 4) is 0 Å². The van der Waals surface area contributed by atoms with E-state index in [4.69, 9.17) is 0 Å². The molecule has 0 amide bonds. The van der Waals surface area contributed by atoms with E-state index in [2.05, 4.69) is 9.97 Å². The Morgan fingerprint density at radius 2 is 1.88 bits per heavy atom. The molecule has 4 aromatic rings. The first-order valence-electron chi connectivity index (χ1n) is 11.1. The number of aromatic nitrogens is 3. The van der Waals surface area contributed by atoms with Gasteiger partial charge in [-0.05, 0) is 42.5 Å². The van der Waals surface area contributed by atoms with Gasteiger partial charge in [-0.25, -0.2) is 4.98 Å². The first-order chi connectivity index (χ1) is 15.6. The zero-order valence-corrected chi connectivity index (χ0v) is 17.8. The number of fused-ring (bicyclic) bond motifs is 3. The van der Waals surface area contributed by atoms with Gasteiger partial charge in [0.1, 0.15) is 6.29 Å². The molecule has 0 saturated heterocycles. The van der Waals surface area contributed by atoms with Crippen molar-refractivity contribution >= 4 is 28.0 Å². The molecule has 2 unspecified atom stereocenters. The summed E-state index contributed by atoms with van der Waals surface area (Å²) in [5.74, 6) is 0.0844. The highest BCUT2D eigenvalue weighted by molar-refractivity contribution is 6.06. The molecule has 5 rings (SSSR count). The van der Waals surface area contributed by atoms with Crippen LogP contribution in [0.3, 0.4) is 0 Å². The van der Waals surface area contributed by atoms with Crippen LogP contribution in [0, 0.1) is 5.92 Å². The summed E-state index contributed by atoms with van der Waals surface area (Å²) in [7, 11) is 0. The topological polar surface area (TPSA) is 85.1 Å². The smallest absolute Gasteiger partial charge is 0.261 e. The second kappa shape index (κ2) is 8.63. The minimum Gasteiger partial charge on any atom is -0.393 e. The fraction of sp³-hybridized carbons (Fsp3) is 0.308. The average Bonchev–Trinajstić information content (AvgIpc) is 2.83. The third kappa shape index (κ3) is 3.82. The number of aliphatic hydroxyl groups is 1. The molecule has 1 saturated carbocycles. The summed E-state index contributed by atoms with van der Waals surface area (Å²) in [6, 6.07) is 11.3. The number of aldehydes is 1. The summed E-state index contributed by atoms with van der Waals surface area (Å²) >= 11 is 0. The first kappa shape index (κ1) is 20.5. The zero-order chi connectivity index (χ0) is 22.1.